The molecule has 1 aliphatic rings. The maximum Gasteiger partial charge on any atom is 0.223 e. The van der Waals surface area contributed by atoms with Gasteiger partial charge in [0.2, 0.25) is 5.91 Å². The molecular formula is C15H22N2O. The van der Waals surface area contributed by atoms with Crippen molar-refractivity contribution in [2.45, 2.75) is 25.3 Å². The Bertz CT molecular complexity index is 385. The molecule has 0 saturated heterocycles. The van der Waals surface area contributed by atoms with Gasteiger partial charge in [-0.05, 0) is 24.3 Å². The monoisotopic (exact) mass is 246 g/mol. The van der Waals surface area contributed by atoms with Crippen LogP contribution in [0.4, 0.5) is 0 Å². The summed E-state index contributed by atoms with van der Waals surface area (Å²) in [4.78, 5) is 13.2. The molecule has 2 rings (SSSR count). The maximum atomic E-state index is 11.5. The Kier molecular flexibility index (Phi) is 4.37. The first kappa shape index (κ1) is 13.1. The van der Waals surface area contributed by atoms with Crippen molar-refractivity contribution >= 4 is 5.91 Å². The van der Waals surface area contributed by atoms with Crippen LogP contribution >= 0.6 is 0 Å². The van der Waals surface area contributed by atoms with Gasteiger partial charge in [0.15, 0.2) is 0 Å². The highest BCUT2D eigenvalue weighted by molar-refractivity contribution is 5.75. The largest absolute Gasteiger partial charge is 0.349 e. The fourth-order valence-electron chi connectivity index (χ4n) is 2.20. The van der Waals surface area contributed by atoms with Gasteiger partial charge in [-0.3, -0.25) is 4.79 Å². The normalized spacial score (nSPS) is 16.3. The van der Waals surface area contributed by atoms with Crippen LogP contribution < -0.4 is 5.32 Å². The number of nitrogens with zero attached hydrogens (tertiary/aromatic N) is 1. The van der Waals surface area contributed by atoms with Gasteiger partial charge in [-0.15, -0.1) is 0 Å². The zero-order valence-corrected chi connectivity index (χ0v) is 11.2. The summed E-state index contributed by atoms with van der Waals surface area (Å²) in [5.74, 6) is 0.937. The third-order valence-corrected chi connectivity index (χ3v) is 3.45. The topological polar surface area (TPSA) is 32.3 Å². The van der Waals surface area contributed by atoms with E-state index in [1.807, 2.05) is 6.07 Å². The number of benzene rings is 1. The second-order valence-electron chi connectivity index (χ2n) is 5.22. The summed E-state index contributed by atoms with van der Waals surface area (Å²) >= 11 is 0. The quantitative estimate of drug-likeness (QED) is 0.834. The summed E-state index contributed by atoms with van der Waals surface area (Å²) < 4.78 is 0. The third kappa shape index (κ3) is 3.57. The highest BCUT2D eigenvalue weighted by Crippen LogP contribution is 2.40. The van der Waals surface area contributed by atoms with Gasteiger partial charge >= 0.3 is 0 Å². The van der Waals surface area contributed by atoms with Crippen molar-refractivity contribution < 1.29 is 4.79 Å². The van der Waals surface area contributed by atoms with E-state index in [2.05, 4.69) is 29.6 Å². The number of hydrogen-bond acceptors (Lipinski definition) is 2. The summed E-state index contributed by atoms with van der Waals surface area (Å²) in [6.07, 6.45) is 3.17. The molecule has 1 aliphatic carbocycles. The molecule has 1 amide bonds. The number of amides is 1. The minimum absolute atomic E-state index is 0.185. The Morgan fingerprint density at radius 1 is 1.33 bits per heavy atom. The van der Waals surface area contributed by atoms with E-state index >= 15 is 0 Å². The minimum Gasteiger partial charge on any atom is -0.349 e. The minimum atomic E-state index is 0.185. The predicted octanol–water partition coefficient (Wildman–Crippen LogP) is 2.21. The van der Waals surface area contributed by atoms with E-state index < -0.39 is 0 Å². The molecule has 0 heterocycles. The SMILES string of the molecule is CN(C)C(=O)CCNC(c1ccccc1)C1CC1. The van der Waals surface area contributed by atoms with Crippen molar-refractivity contribution in [2.24, 2.45) is 5.92 Å². The lowest BCUT2D eigenvalue weighted by Gasteiger charge is -2.19. The number of hydrogen-bond donors (Lipinski definition) is 1. The number of carbonyl (C=O) groups is 1. The lowest BCUT2D eigenvalue weighted by Crippen LogP contribution is -2.29. The van der Waals surface area contributed by atoms with E-state index in [-0.39, 0.29) is 5.91 Å². The second-order valence-corrected chi connectivity index (χ2v) is 5.22. The van der Waals surface area contributed by atoms with Gasteiger partial charge in [0.05, 0.1) is 0 Å². The predicted molar refractivity (Wildman–Crippen MR) is 73.2 cm³/mol. The molecule has 98 valence electrons. The third-order valence-electron chi connectivity index (χ3n) is 3.45. The summed E-state index contributed by atoms with van der Waals surface area (Å²) in [7, 11) is 3.61. The maximum absolute atomic E-state index is 11.5. The fourth-order valence-corrected chi connectivity index (χ4v) is 2.20. The molecular weight excluding hydrogens is 224 g/mol. The van der Waals surface area contributed by atoms with Crippen LogP contribution in [0.1, 0.15) is 30.9 Å². The van der Waals surface area contributed by atoms with E-state index in [1.54, 1.807) is 19.0 Å². The molecule has 1 aromatic rings. The van der Waals surface area contributed by atoms with Gasteiger partial charge in [-0.1, -0.05) is 30.3 Å². The zero-order valence-electron chi connectivity index (χ0n) is 11.2. The Labute approximate surface area is 109 Å². The molecule has 0 aliphatic heterocycles. The summed E-state index contributed by atoms with van der Waals surface area (Å²) in [5.41, 5.74) is 1.34. The van der Waals surface area contributed by atoms with E-state index in [0.717, 1.165) is 12.5 Å². The van der Waals surface area contributed by atoms with Crippen LogP contribution in [-0.4, -0.2) is 31.4 Å². The molecule has 3 heteroatoms. The molecule has 18 heavy (non-hydrogen) atoms. The Morgan fingerprint density at radius 2 is 2.00 bits per heavy atom. The lowest BCUT2D eigenvalue weighted by atomic mass is 10.0. The average Bonchev–Trinajstić information content (AvgIpc) is 3.19. The molecule has 0 radical (unpaired) electrons. The van der Waals surface area contributed by atoms with Crippen LogP contribution in [0.25, 0.3) is 0 Å². The van der Waals surface area contributed by atoms with Crippen LogP contribution in [0.5, 0.6) is 0 Å². The van der Waals surface area contributed by atoms with E-state index in [0.29, 0.717) is 12.5 Å². The van der Waals surface area contributed by atoms with Gasteiger partial charge in [-0.2, -0.15) is 0 Å². The van der Waals surface area contributed by atoms with E-state index in [1.165, 1.54) is 18.4 Å². The smallest absolute Gasteiger partial charge is 0.223 e. The molecule has 3 nitrogen and oxygen atoms in total. The van der Waals surface area contributed by atoms with Crippen LogP contribution in [-0.2, 0) is 4.79 Å². The molecule has 1 aromatic carbocycles. The van der Waals surface area contributed by atoms with Crippen molar-refractivity contribution in [3.05, 3.63) is 35.9 Å². The Balaban J connectivity index is 1.86. The molecule has 1 atom stereocenters. The molecule has 0 bridgehead atoms. The molecule has 1 fully saturated rings. The molecule has 0 spiro atoms. The lowest BCUT2D eigenvalue weighted by molar-refractivity contribution is -0.128. The Hall–Kier alpha value is -1.35. The van der Waals surface area contributed by atoms with Gasteiger partial charge in [0, 0.05) is 33.1 Å². The van der Waals surface area contributed by atoms with Gasteiger partial charge in [0.1, 0.15) is 0 Å². The van der Waals surface area contributed by atoms with Crippen LogP contribution in [0.15, 0.2) is 30.3 Å². The highest BCUT2D eigenvalue weighted by atomic mass is 16.2. The van der Waals surface area contributed by atoms with E-state index in [4.69, 9.17) is 0 Å². The summed E-state index contributed by atoms with van der Waals surface area (Å²) in [6.45, 7) is 0.757. The molecule has 1 unspecified atom stereocenters. The zero-order chi connectivity index (χ0) is 13.0. The first-order chi connectivity index (χ1) is 8.68. The molecule has 0 aromatic heterocycles. The number of carbonyl (C=O) groups excluding carboxylic acids is 1. The average molecular weight is 246 g/mol. The number of rotatable bonds is 6. The van der Waals surface area contributed by atoms with Gasteiger partial charge < -0.3 is 10.2 Å². The first-order valence-electron chi connectivity index (χ1n) is 6.67. The van der Waals surface area contributed by atoms with Crippen molar-refractivity contribution in [1.82, 2.24) is 10.2 Å². The van der Waals surface area contributed by atoms with Gasteiger partial charge in [0.25, 0.3) is 0 Å². The van der Waals surface area contributed by atoms with Crippen LogP contribution in [0, 0.1) is 5.92 Å². The number of nitrogens with one attached hydrogen (secondary N) is 1. The summed E-state index contributed by atoms with van der Waals surface area (Å²) in [5, 5.41) is 3.54. The van der Waals surface area contributed by atoms with Crippen LogP contribution in [0.3, 0.4) is 0 Å². The van der Waals surface area contributed by atoms with E-state index in [9.17, 15) is 4.79 Å². The van der Waals surface area contributed by atoms with Crippen LogP contribution in [0.2, 0.25) is 0 Å². The second kappa shape index (κ2) is 6.01. The van der Waals surface area contributed by atoms with Crippen molar-refractivity contribution in [3.63, 3.8) is 0 Å². The standard InChI is InChI=1S/C15H22N2O/c1-17(2)14(18)10-11-16-15(13-8-9-13)12-6-4-3-5-7-12/h3-7,13,15-16H,8-11H2,1-2H3. The van der Waals surface area contributed by atoms with Gasteiger partial charge in [-0.25, -0.2) is 0 Å². The van der Waals surface area contributed by atoms with Crippen molar-refractivity contribution in [1.29, 1.82) is 0 Å². The highest BCUT2D eigenvalue weighted by Gasteiger charge is 2.31. The Morgan fingerprint density at radius 3 is 2.56 bits per heavy atom. The first-order valence-corrected chi connectivity index (χ1v) is 6.67. The van der Waals surface area contributed by atoms with Crippen molar-refractivity contribution in [2.75, 3.05) is 20.6 Å². The molecule has 1 saturated carbocycles. The fraction of sp³-hybridized carbons (Fsp3) is 0.533. The van der Waals surface area contributed by atoms with Crippen molar-refractivity contribution in [3.8, 4) is 0 Å². The molecule has 1 N–H and O–H groups in total. The summed E-state index contributed by atoms with van der Waals surface area (Å²) in [6, 6.07) is 11.0.